The number of ether oxygens (including phenoxy) is 2. The average Bonchev–Trinajstić information content (AvgIpc) is 2.62. The molecule has 2 N–H and O–H groups in total. The number of carbonyl (C=O) groups is 2. The van der Waals surface area contributed by atoms with E-state index in [0.717, 1.165) is 24.6 Å². The van der Waals surface area contributed by atoms with Crippen LogP contribution in [-0.2, 0) is 0 Å². The summed E-state index contributed by atoms with van der Waals surface area (Å²) in [5.74, 6) is -1.60. The smallest absolute Gasteiger partial charge is 0.335 e. The van der Waals surface area contributed by atoms with Crippen molar-refractivity contribution in [2.45, 2.75) is 20.3 Å². The molecule has 1 amide bonds. The minimum absolute atomic E-state index is 0.125. The van der Waals surface area contributed by atoms with Gasteiger partial charge in [0.25, 0.3) is 5.91 Å². The topological polar surface area (TPSA) is 84.9 Å². The number of hydrogen-bond acceptors (Lipinski definition) is 4. The quantitative estimate of drug-likeness (QED) is 0.743. The van der Waals surface area contributed by atoms with Gasteiger partial charge in [-0.25, -0.2) is 9.18 Å². The summed E-state index contributed by atoms with van der Waals surface area (Å²) in [6.07, 6.45) is 0.826. The molecule has 2 aromatic carbocycles. The second-order valence-electron chi connectivity index (χ2n) is 5.40. The molecule has 6 nitrogen and oxygen atoms in total. The standard InChI is InChI=1S/C19H20FNO5/c1-3-9-26-16-8-6-12(11-17(16)25-4-2)18(22)21-15-10-13(19(23)24)5-7-14(15)20/h5-8,10-11H,3-4,9H2,1-2H3,(H,21,22)(H,23,24). The Morgan fingerprint density at radius 3 is 2.42 bits per heavy atom. The maximum Gasteiger partial charge on any atom is 0.335 e. The molecule has 0 fully saturated rings. The molecule has 0 aliphatic carbocycles. The van der Waals surface area contributed by atoms with Crippen LogP contribution in [0.25, 0.3) is 0 Å². The van der Waals surface area contributed by atoms with Crippen LogP contribution in [0.15, 0.2) is 36.4 Å². The van der Waals surface area contributed by atoms with Crippen molar-refractivity contribution in [2.75, 3.05) is 18.5 Å². The average molecular weight is 361 g/mol. The van der Waals surface area contributed by atoms with Crippen LogP contribution >= 0.6 is 0 Å². The van der Waals surface area contributed by atoms with Crippen LogP contribution in [0, 0.1) is 5.82 Å². The minimum atomic E-state index is -1.21. The molecule has 0 unspecified atom stereocenters. The highest BCUT2D eigenvalue weighted by Crippen LogP contribution is 2.29. The highest BCUT2D eigenvalue weighted by Gasteiger charge is 2.15. The Kier molecular flexibility index (Phi) is 6.54. The van der Waals surface area contributed by atoms with Crippen LogP contribution in [0.3, 0.4) is 0 Å². The monoisotopic (exact) mass is 361 g/mol. The Morgan fingerprint density at radius 2 is 1.77 bits per heavy atom. The lowest BCUT2D eigenvalue weighted by Gasteiger charge is -2.13. The molecule has 0 aliphatic heterocycles. The zero-order chi connectivity index (χ0) is 19.1. The van der Waals surface area contributed by atoms with Gasteiger partial charge < -0.3 is 19.9 Å². The molecule has 0 aromatic heterocycles. The number of amides is 1. The molecule has 0 saturated heterocycles. The van der Waals surface area contributed by atoms with Crippen molar-refractivity contribution in [1.29, 1.82) is 0 Å². The SMILES string of the molecule is CCCOc1ccc(C(=O)Nc2cc(C(=O)O)ccc2F)cc1OCC. The molecule has 26 heavy (non-hydrogen) atoms. The lowest BCUT2D eigenvalue weighted by molar-refractivity contribution is 0.0696. The number of carboxylic acids is 1. The number of nitrogens with one attached hydrogen (secondary N) is 1. The molecule has 0 atom stereocenters. The van der Waals surface area contributed by atoms with Crippen molar-refractivity contribution in [3.63, 3.8) is 0 Å². The van der Waals surface area contributed by atoms with E-state index in [4.69, 9.17) is 14.6 Å². The summed E-state index contributed by atoms with van der Waals surface area (Å²) in [7, 11) is 0. The molecular formula is C19H20FNO5. The Bertz CT molecular complexity index is 807. The van der Waals surface area contributed by atoms with Gasteiger partial charge in [-0.1, -0.05) is 6.92 Å². The van der Waals surface area contributed by atoms with E-state index in [1.54, 1.807) is 6.07 Å². The van der Waals surface area contributed by atoms with Gasteiger partial charge in [0, 0.05) is 5.56 Å². The van der Waals surface area contributed by atoms with Gasteiger partial charge in [0.2, 0.25) is 0 Å². The summed E-state index contributed by atoms with van der Waals surface area (Å²) in [6.45, 7) is 4.69. The number of aromatic carboxylic acids is 1. The first-order valence-electron chi connectivity index (χ1n) is 8.20. The second-order valence-corrected chi connectivity index (χ2v) is 5.40. The number of anilines is 1. The summed E-state index contributed by atoms with van der Waals surface area (Å²) in [6, 6.07) is 7.83. The van der Waals surface area contributed by atoms with Crippen molar-refractivity contribution >= 4 is 17.6 Å². The number of carboxylic acid groups (broad SMARTS) is 1. The Balaban J connectivity index is 2.25. The second kappa shape index (κ2) is 8.84. The first-order chi connectivity index (χ1) is 12.5. The van der Waals surface area contributed by atoms with Crippen LogP contribution in [0.2, 0.25) is 0 Å². The van der Waals surface area contributed by atoms with Crippen LogP contribution in [0.5, 0.6) is 11.5 Å². The number of halogens is 1. The first-order valence-corrected chi connectivity index (χ1v) is 8.20. The fraction of sp³-hybridized carbons (Fsp3) is 0.263. The summed E-state index contributed by atoms with van der Waals surface area (Å²) < 4.78 is 24.9. The van der Waals surface area contributed by atoms with Crippen molar-refractivity contribution < 1.29 is 28.6 Å². The third kappa shape index (κ3) is 4.72. The van der Waals surface area contributed by atoms with Crippen LogP contribution in [0.4, 0.5) is 10.1 Å². The molecule has 7 heteroatoms. The van der Waals surface area contributed by atoms with Gasteiger partial charge in [0.15, 0.2) is 11.5 Å². The Hall–Kier alpha value is -3.09. The zero-order valence-corrected chi connectivity index (χ0v) is 14.5. The molecule has 0 bridgehead atoms. The highest BCUT2D eigenvalue weighted by molar-refractivity contribution is 6.05. The molecule has 0 saturated carbocycles. The fourth-order valence-corrected chi connectivity index (χ4v) is 2.20. The van der Waals surface area contributed by atoms with Crippen LogP contribution < -0.4 is 14.8 Å². The molecule has 0 aliphatic rings. The van der Waals surface area contributed by atoms with E-state index in [1.807, 2.05) is 13.8 Å². The van der Waals surface area contributed by atoms with Crippen molar-refractivity contribution in [3.05, 3.63) is 53.3 Å². The van der Waals surface area contributed by atoms with Crippen LogP contribution in [0.1, 0.15) is 41.0 Å². The maximum atomic E-state index is 13.9. The van der Waals surface area contributed by atoms with Gasteiger partial charge in [-0.2, -0.15) is 0 Å². The highest BCUT2D eigenvalue weighted by atomic mass is 19.1. The molecule has 2 rings (SSSR count). The van der Waals surface area contributed by atoms with E-state index < -0.39 is 17.7 Å². The third-order valence-corrected chi connectivity index (χ3v) is 3.43. The predicted octanol–water partition coefficient (Wildman–Crippen LogP) is 3.96. The number of hydrogen-bond donors (Lipinski definition) is 2. The normalized spacial score (nSPS) is 10.3. The van der Waals surface area contributed by atoms with E-state index in [9.17, 15) is 14.0 Å². The van der Waals surface area contributed by atoms with Gasteiger partial charge in [-0.05, 0) is 49.7 Å². The van der Waals surface area contributed by atoms with E-state index in [-0.39, 0.29) is 16.8 Å². The number of carbonyl (C=O) groups excluding carboxylic acids is 1. The molecule has 2 aromatic rings. The predicted molar refractivity (Wildman–Crippen MR) is 94.7 cm³/mol. The van der Waals surface area contributed by atoms with E-state index in [1.165, 1.54) is 12.1 Å². The minimum Gasteiger partial charge on any atom is -0.490 e. The van der Waals surface area contributed by atoms with Crippen molar-refractivity contribution in [2.24, 2.45) is 0 Å². The van der Waals surface area contributed by atoms with E-state index in [2.05, 4.69) is 5.32 Å². The number of benzene rings is 2. The molecule has 0 radical (unpaired) electrons. The summed E-state index contributed by atoms with van der Waals surface area (Å²) >= 11 is 0. The van der Waals surface area contributed by atoms with Crippen molar-refractivity contribution in [1.82, 2.24) is 0 Å². The lowest BCUT2D eigenvalue weighted by atomic mass is 10.1. The lowest BCUT2D eigenvalue weighted by Crippen LogP contribution is -2.14. The van der Waals surface area contributed by atoms with Gasteiger partial charge >= 0.3 is 5.97 Å². The first kappa shape index (κ1) is 19.2. The third-order valence-electron chi connectivity index (χ3n) is 3.43. The van der Waals surface area contributed by atoms with E-state index in [0.29, 0.717) is 24.7 Å². The molecule has 138 valence electrons. The summed E-state index contributed by atoms with van der Waals surface area (Å²) in [4.78, 5) is 23.4. The Labute approximate surface area is 150 Å². The van der Waals surface area contributed by atoms with E-state index >= 15 is 0 Å². The summed E-state index contributed by atoms with van der Waals surface area (Å²) in [5.41, 5.74) is -0.100. The maximum absolute atomic E-state index is 13.9. The summed E-state index contributed by atoms with van der Waals surface area (Å²) in [5, 5.41) is 11.4. The molecular weight excluding hydrogens is 341 g/mol. The van der Waals surface area contributed by atoms with Gasteiger partial charge in [0.1, 0.15) is 5.82 Å². The number of rotatable bonds is 8. The van der Waals surface area contributed by atoms with Gasteiger partial charge in [-0.15, -0.1) is 0 Å². The fourth-order valence-electron chi connectivity index (χ4n) is 2.20. The van der Waals surface area contributed by atoms with Crippen LogP contribution in [-0.4, -0.2) is 30.2 Å². The Morgan fingerprint density at radius 1 is 1.04 bits per heavy atom. The molecule has 0 spiro atoms. The van der Waals surface area contributed by atoms with Gasteiger partial charge in [-0.3, -0.25) is 4.79 Å². The van der Waals surface area contributed by atoms with Gasteiger partial charge in [0.05, 0.1) is 24.5 Å². The van der Waals surface area contributed by atoms with Crippen molar-refractivity contribution in [3.8, 4) is 11.5 Å². The zero-order valence-electron chi connectivity index (χ0n) is 14.5. The molecule has 0 heterocycles. The largest absolute Gasteiger partial charge is 0.490 e.